The average Bonchev–Trinajstić information content (AvgIpc) is 1.94. The van der Waals surface area contributed by atoms with E-state index in [4.69, 9.17) is 5.11 Å². The highest BCUT2D eigenvalue weighted by Gasteiger charge is 2.50. The van der Waals surface area contributed by atoms with Gasteiger partial charge >= 0.3 is 5.97 Å². The van der Waals surface area contributed by atoms with Gasteiger partial charge in [-0.1, -0.05) is 41.5 Å². The third kappa shape index (κ3) is 3.73. The van der Waals surface area contributed by atoms with E-state index in [-0.39, 0.29) is 5.41 Å². The smallest absolute Gasteiger partial charge is 0.309 e. The molecule has 0 aliphatic heterocycles. The van der Waals surface area contributed by atoms with Crippen molar-refractivity contribution >= 4 is 5.97 Å². The van der Waals surface area contributed by atoms with Crippen molar-refractivity contribution in [2.45, 2.75) is 74.1 Å². The highest BCUT2D eigenvalue weighted by atomic mass is 16.4. The van der Waals surface area contributed by atoms with Crippen molar-refractivity contribution in [2.24, 2.45) is 21.7 Å². The van der Waals surface area contributed by atoms with Crippen molar-refractivity contribution in [2.75, 3.05) is 0 Å². The van der Waals surface area contributed by atoms with Gasteiger partial charge in [0.1, 0.15) is 0 Å². The van der Waals surface area contributed by atoms with E-state index in [9.17, 15) is 4.79 Å². The molecule has 2 nitrogen and oxygen atoms in total. The fourth-order valence-electron chi connectivity index (χ4n) is 4.75. The maximum Gasteiger partial charge on any atom is 0.309 e. The van der Waals surface area contributed by atoms with Gasteiger partial charge in [-0.05, 0) is 48.9 Å². The summed E-state index contributed by atoms with van der Waals surface area (Å²) in [5, 5.41) is 8.72. The molecule has 2 fully saturated rings. The Morgan fingerprint density at radius 3 is 1.06 bits per heavy atom. The Balaban J connectivity index is 0.000000184. The molecule has 2 saturated carbocycles. The average molecular weight is 254 g/mol. The highest BCUT2D eigenvalue weighted by molar-refractivity contribution is 5.75. The van der Waals surface area contributed by atoms with Crippen molar-refractivity contribution in [1.29, 1.82) is 0 Å². The van der Waals surface area contributed by atoms with Gasteiger partial charge in [0.2, 0.25) is 0 Å². The predicted octanol–water partition coefficient (Wildman–Crippen LogP) is 4.73. The molecule has 2 aliphatic carbocycles. The fraction of sp³-hybridized carbons (Fsp3) is 0.938. The third-order valence-corrected chi connectivity index (χ3v) is 4.17. The zero-order valence-corrected chi connectivity index (χ0v) is 13.2. The highest BCUT2D eigenvalue weighted by Crippen LogP contribution is 2.54. The van der Waals surface area contributed by atoms with Crippen molar-refractivity contribution in [1.82, 2.24) is 0 Å². The summed E-state index contributed by atoms with van der Waals surface area (Å²) in [5.74, 6) is -0.646. The van der Waals surface area contributed by atoms with Crippen LogP contribution in [0.1, 0.15) is 74.1 Å². The lowest BCUT2D eigenvalue weighted by Gasteiger charge is -2.49. The molecule has 1 N–H and O–H groups in total. The second-order valence-electron chi connectivity index (χ2n) is 9.07. The molecule has 0 unspecified atom stereocenters. The Bertz CT molecular complexity index is 307. The SMILES string of the molecule is CC1(C)CC(C)(C(=O)O)C1.CC1(C)CC(C)(C)C1. The van der Waals surface area contributed by atoms with E-state index >= 15 is 0 Å². The first-order valence-corrected chi connectivity index (χ1v) is 7.01. The quantitative estimate of drug-likeness (QED) is 0.734. The van der Waals surface area contributed by atoms with E-state index in [1.54, 1.807) is 0 Å². The Labute approximate surface area is 112 Å². The molecule has 0 aromatic carbocycles. The van der Waals surface area contributed by atoms with Crippen molar-refractivity contribution in [3.8, 4) is 0 Å². The summed E-state index contributed by atoms with van der Waals surface area (Å²) in [4.78, 5) is 10.6. The molecule has 106 valence electrons. The minimum atomic E-state index is -0.646. The molecule has 0 aromatic rings. The lowest BCUT2D eigenvalue weighted by Crippen LogP contribution is -2.46. The topological polar surface area (TPSA) is 37.3 Å². The molecular formula is C16H30O2. The monoisotopic (exact) mass is 254 g/mol. The van der Waals surface area contributed by atoms with Crippen LogP contribution in [-0.2, 0) is 4.79 Å². The van der Waals surface area contributed by atoms with Crippen LogP contribution in [0.2, 0.25) is 0 Å². The molecule has 0 heterocycles. The van der Waals surface area contributed by atoms with Crippen molar-refractivity contribution in [3.63, 3.8) is 0 Å². The van der Waals surface area contributed by atoms with Gasteiger partial charge in [0.05, 0.1) is 5.41 Å². The van der Waals surface area contributed by atoms with Gasteiger partial charge in [-0.2, -0.15) is 0 Å². The minimum Gasteiger partial charge on any atom is -0.481 e. The Morgan fingerprint density at radius 1 is 0.722 bits per heavy atom. The second-order valence-corrected chi connectivity index (χ2v) is 9.07. The molecule has 0 bridgehead atoms. The summed E-state index contributed by atoms with van der Waals surface area (Å²) in [7, 11) is 0. The van der Waals surface area contributed by atoms with Crippen LogP contribution in [0.5, 0.6) is 0 Å². The van der Waals surface area contributed by atoms with E-state index < -0.39 is 11.4 Å². The summed E-state index contributed by atoms with van der Waals surface area (Å²) in [6.45, 7) is 15.4. The molecule has 2 heteroatoms. The first-order valence-electron chi connectivity index (χ1n) is 7.01. The van der Waals surface area contributed by atoms with Crippen LogP contribution < -0.4 is 0 Å². The molecule has 0 atom stereocenters. The van der Waals surface area contributed by atoms with Gasteiger partial charge < -0.3 is 5.11 Å². The zero-order chi connectivity index (χ0) is 14.4. The van der Waals surface area contributed by atoms with Crippen LogP contribution in [-0.4, -0.2) is 11.1 Å². The van der Waals surface area contributed by atoms with Crippen LogP contribution >= 0.6 is 0 Å². The van der Waals surface area contributed by atoms with Crippen molar-refractivity contribution in [3.05, 3.63) is 0 Å². The summed E-state index contributed by atoms with van der Waals surface area (Å²) in [6.07, 6.45) is 4.44. The largest absolute Gasteiger partial charge is 0.481 e. The van der Waals surface area contributed by atoms with Crippen LogP contribution in [0.4, 0.5) is 0 Å². The number of hydrogen-bond donors (Lipinski definition) is 1. The fourth-order valence-corrected chi connectivity index (χ4v) is 4.75. The molecule has 18 heavy (non-hydrogen) atoms. The maximum atomic E-state index is 10.6. The number of carboxylic acid groups (broad SMARTS) is 1. The predicted molar refractivity (Wildman–Crippen MR) is 75.6 cm³/mol. The van der Waals surface area contributed by atoms with Crippen LogP contribution in [0.3, 0.4) is 0 Å². The third-order valence-electron chi connectivity index (χ3n) is 4.17. The van der Waals surface area contributed by atoms with E-state index in [1.807, 2.05) is 6.92 Å². The van der Waals surface area contributed by atoms with E-state index in [0.29, 0.717) is 10.8 Å². The summed E-state index contributed by atoms with van der Waals surface area (Å²) in [6, 6.07) is 0. The Kier molecular flexibility index (Phi) is 3.66. The number of aliphatic carboxylic acids is 1. The second kappa shape index (κ2) is 4.25. The Hall–Kier alpha value is -0.530. The Morgan fingerprint density at radius 2 is 1.00 bits per heavy atom. The molecule has 0 spiro atoms. The standard InChI is InChI=1S/C8H14O2.C8H16/c1-7(2)4-8(3,5-7)6(9)10;1-7(2)5-8(3,4)6-7/h4-5H2,1-3H3,(H,9,10);5-6H2,1-4H3. The van der Waals surface area contributed by atoms with Crippen molar-refractivity contribution < 1.29 is 9.90 Å². The maximum absolute atomic E-state index is 10.6. The molecule has 0 aromatic heterocycles. The summed E-state index contributed by atoms with van der Waals surface area (Å²) < 4.78 is 0. The molecule has 0 amide bonds. The molecule has 2 rings (SSSR count). The van der Waals surface area contributed by atoms with E-state index in [1.165, 1.54) is 12.8 Å². The van der Waals surface area contributed by atoms with Crippen LogP contribution in [0.25, 0.3) is 0 Å². The number of carboxylic acids is 1. The van der Waals surface area contributed by atoms with Gasteiger partial charge in [-0.25, -0.2) is 0 Å². The first kappa shape index (κ1) is 15.5. The normalized spacial score (nSPS) is 29.1. The van der Waals surface area contributed by atoms with E-state index in [0.717, 1.165) is 12.8 Å². The van der Waals surface area contributed by atoms with Gasteiger partial charge in [0, 0.05) is 0 Å². The van der Waals surface area contributed by atoms with Gasteiger partial charge in [0.25, 0.3) is 0 Å². The number of rotatable bonds is 1. The molecule has 0 radical (unpaired) electrons. The lowest BCUT2D eigenvalue weighted by molar-refractivity contribution is -0.161. The van der Waals surface area contributed by atoms with Crippen LogP contribution in [0.15, 0.2) is 0 Å². The molecule has 2 aliphatic rings. The van der Waals surface area contributed by atoms with E-state index in [2.05, 4.69) is 41.5 Å². The number of hydrogen-bond acceptors (Lipinski definition) is 1. The molecular weight excluding hydrogens is 224 g/mol. The molecule has 0 saturated heterocycles. The summed E-state index contributed by atoms with van der Waals surface area (Å²) >= 11 is 0. The summed E-state index contributed by atoms with van der Waals surface area (Å²) in [5.41, 5.74) is 1.14. The van der Waals surface area contributed by atoms with Gasteiger partial charge in [-0.15, -0.1) is 0 Å². The van der Waals surface area contributed by atoms with Gasteiger partial charge in [-0.3, -0.25) is 4.79 Å². The van der Waals surface area contributed by atoms with Crippen LogP contribution in [0, 0.1) is 21.7 Å². The number of carbonyl (C=O) groups is 1. The lowest BCUT2D eigenvalue weighted by atomic mass is 9.55. The van der Waals surface area contributed by atoms with Gasteiger partial charge in [0.15, 0.2) is 0 Å². The minimum absolute atomic E-state index is 0.257. The zero-order valence-electron chi connectivity index (χ0n) is 13.2. The first-order chi connectivity index (χ1) is 7.77.